The van der Waals surface area contributed by atoms with Crippen molar-refractivity contribution in [1.82, 2.24) is 10.2 Å². The smallest absolute Gasteiger partial charge is 0.243 e. The molecule has 0 bridgehead atoms. The number of thioether (sulfide) groups is 1. The standard InChI is InChI=1S/C26H36N2O2S/c1-7-23(25(30)27-26(4,5)6)28(16-21-11-9-8-10-12-21)24(29)18-31-17-22-14-19(2)13-20(3)15-22/h8-15,23H,7,16-18H2,1-6H3,(H,27,30)/t23-/m1/s1. The second kappa shape index (κ2) is 11.4. The number of amides is 2. The SMILES string of the molecule is CC[C@H](C(=O)NC(C)(C)C)N(Cc1ccccc1)C(=O)CSCc1cc(C)cc(C)c1. The van der Waals surface area contributed by atoms with Gasteiger partial charge in [0.15, 0.2) is 0 Å². The number of carbonyl (C=O) groups excluding carboxylic acids is 2. The lowest BCUT2D eigenvalue weighted by Crippen LogP contribution is -2.53. The van der Waals surface area contributed by atoms with Crippen molar-refractivity contribution in [1.29, 1.82) is 0 Å². The van der Waals surface area contributed by atoms with Crippen LogP contribution in [0.1, 0.15) is 56.4 Å². The Morgan fingerprint density at radius 2 is 1.61 bits per heavy atom. The molecule has 0 unspecified atom stereocenters. The fourth-order valence-electron chi connectivity index (χ4n) is 3.64. The van der Waals surface area contributed by atoms with E-state index in [-0.39, 0.29) is 17.4 Å². The summed E-state index contributed by atoms with van der Waals surface area (Å²) in [5.41, 5.74) is 4.37. The maximum absolute atomic E-state index is 13.3. The van der Waals surface area contributed by atoms with Crippen LogP contribution in [-0.4, -0.2) is 34.0 Å². The molecule has 2 aromatic rings. The third-order valence-corrected chi connectivity index (χ3v) is 5.84. The highest BCUT2D eigenvalue weighted by atomic mass is 32.2. The Morgan fingerprint density at radius 3 is 2.16 bits per heavy atom. The zero-order valence-electron chi connectivity index (χ0n) is 19.7. The topological polar surface area (TPSA) is 49.4 Å². The Balaban J connectivity index is 2.13. The Hall–Kier alpha value is -2.27. The van der Waals surface area contributed by atoms with Crippen LogP contribution in [0.4, 0.5) is 0 Å². The molecule has 2 rings (SSSR count). The molecular formula is C26H36N2O2S. The first-order valence-corrected chi connectivity index (χ1v) is 12.0. The molecule has 168 valence electrons. The van der Waals surface area contributed by atoms with E-state index >= 15 is 0 Å². The van der Waals surface area contributed by atoms with Gasteiger partial charge in [0.1, 0.15) is 6.04 Å². The molecule has 0 radical (unpaired) electrons. The van der Waals surface area contributed by atoms with Crippen molar-refractivity contribution in [2.75, 3.05) is 5.75 Å². The highest BCUT2D eigenvalue weighted by Gasteiger charge is 2.30. The first-order chi connectivity index (χ1) is 14.6. The quantitative estimate of drug-likeness (QED) is 0.579. The minimum absolute atomic E-state index is 0.00543. The minimum Gasteiger partial charge on any atom is -0.350 e. The molecule has 0 saturated carbocycles. The molecule has 0 aromatic heterocycles. The third kappa shape index (κ3) is 8.41. The minimum atomic E-state index is -0.492. The fourth-order valence-corrected chi connectivity index (χ4v) is 4.49. The van der Waals surface area contributed by atoms with Crippen molar-refractivity contribution >= 4 is 23.6 Å². The van der Waals surface area contributed by atoms with Gasteiger partial charge in [0, 0.05) is 17.8 Å². The summed E-state index contributed by atoms with van der Waals surface area (Å²) >= 11 is 1.60. The van der Waals surface area contributed by atoms with Crippen LogP contribution in [0, 0.1) is 13.8 Å². The number of nitrogens with zero attached hydrogens (tertiary/aromatic N) is 1. The fraction of sp³-hybridized carbons (Fsp3) is 0.462. The van der Waals surface area contributed by atoms with E-state index in [1.165, 1.54) is 16.7 Å². The normalized spacial score (nSPS) is 12.3. The van der Waals surface area contributed by atoms with Crippen LogP contribution < -0.4 is 5.32 Å². The summed E-state index contributed by atoms with van der Waals surface area (Å²) in [6.07, 6.45) is 0.572. The number of rotatable bonds is 9. The van der Waals surface area contributed by atoms with Crippen molar-refractivity contribution in [3.05, 3.63) is 70.8 Å². The molecule has 0 fully saturated rings. The number of hydrogen-bond donors (Lipinski definition) is 1. The van der Waals surface area contributed by atoms with Crippen molar-refractivity contribution in [2.24, 2.45) is 0 Å². The Kier molecular flexibility index (Phi) is 9.17. The van der Waals surface area contributed by atoms with E-state index in [0.29, 0.717) is 18.7 Å². The number of hydrogen-bond acceptors (Lipinski definition) is 3. The van der Waals surface area contributed by atoms with E-state index in [2.05, 4.69) is 37.4 Å². The first kappa shape index (κ1) is 25.0. The molecule has 2 amide bonds. The summed E-state index contributed by atoms with van der Waals surface area (Å²) in [5, 5.41) is 3.05. The van der Waals surface area contributed by atoms with Gasteiger partial charge in [-0.1, -0.05) is 66.6 Å². The van der Waals surface area contributed by atoms with Gasteiger partial charge in [-0.25, -0.2) is 0 Å². The second-order valence-electron chi connectivity index (χ2n) is 9.16. The van der Waals surface area contributed by atoms with Crippen LogP contribution in [0.3, 0.4) is 0 Å². The molecule has 5 heteroatoms. The van der Waals surface area contributed by atoms with Crippen LogP contribution in [0.5, 0.6) is 0 Å². The molecule has 0 spiro atoms. The molecule has 0 aliphatic rings. The average Bonchev–Trinajstić information content (AvgIpc) is 2.66. The molecule has 31 heavy (non-hydrogen) atoms. The second-order valence-corrected chi connectivity index (χ2v) is 10.1. The molecule has 0 heterocycles. The van der Waals surface area contributed by atoms with Crippen molar-refractivity contribution in [3.63, 3.8) is 0 Å². The first-order valence-electron chi connectivity index (χ1n) is 10.9. The highest BCUT2D eigenvalue weighted by molar-refractivity contribution is 7.99. The van der Waals surface area contributed by atoms with Gasteiger partial charge in [0.25, 0.3) is 0 Å². The summed E-state index contributed by atoms with van der Waals surface area (Å²) in [6.45, 7) is 12.4. The van der Waals surface area contributed by atoms with Gasteiger partial charge in [0.2, 0.25) is 11.8 Å². The van der Waals surface area contributed by atoms with Crippen LogP contribution >= 0.6 is 11.8 Å². The Morgan fingerprint density at radius 1 is 1.00 bits per heavy atom. The number of aryl methyl sites for hydroxylation is 2. The maximum Gasteiger partial charge on any atom is 0.243 e. The zero-order chi connectivity index (χ0) is 23.0. The molecule has 2 aromatic carbocycles. The van der Waals surface area contributed by atoms with Crippen molar-refractivity contribution in [2.45, 2.75) is 71.8 Å². The Labute approximate surface area is 191 Å². The van der Waals surface area contributed by atoms with E-state index in [9.17, 15) is 9.59 Å². The summed E-state index contributed by atoms with van der Waals surface area (Å²) < 4.78 is 0. The molecular weight excluding hydrogens is 404 g/mol. The number of carbonyl (C=O) groups is 2. The molecule has 0 aliphatic heterocycles. The van der Waals surface area contributed by atoms with Gasteiger partial charge in [-0.2, -0.15) is 0 Å². The lowest BCUT2D eigenvalue weighted by atomic mass is 10.1. The predicted octanol–water partition coefficient (Wildman–Crippen LogP) is 5.26. The number of benzene rings is 2. The van der Waals surface area contributed by atoms with Gasteiger partial charge in [-0.3, -0.25) is 9.59 Å². The molecule has 4 nitrogen and oxygen atoms in total. The molecule has 1 atom stereocenters. The Bertz CT molecular complexity index is 854. The van der Waals surface area contributed by atoms with Gasteiger partial charge in [-0.05, 0) is 52.2 Å². The number of nitrogens with one attached hydrogen (secondary N) is 1. The van der Waals surface area contributed by atoms with Gasteiger partial charge < -0.3 is 10.2 Å². The summed E-state index contributed by atoms with van der Waals surface area (Å²) in [6, 6.07) is 15.9. The monoisotopic (exact) mass is 440 g/mol. The molecule has 0 saturated heterocycles. The van der Waals surface area contributed by atoms with Gasteiger partial charge in [0.05, 0.1) is 5.75 Å². The van der Waals surface area contributed by atoms with E-state index < -0.39 is 6.04 Å². The summed E-state index contributed by atoms with van der Waals surface area (Å²) in [7, 11) is 0. The van der Waals surface area contributed by atoms with Gasteiger partial charge >= 0.3 is 0 Å². The third-order valence-electron chi connectivity index (χ3n) is 4.86. The van der Waals surface area contributed by atoms with Gasteiger partial charge in [-0.15, -0.1) is 11.8 Å². The maximum atomic E-state index is 13.3. The summed E-state index contributed by atoms with van der Waals surface area (Å²) in [5.74, 6) is 1.02. The summed E-state index contributed by atoms with van der Waals surface area (Å²) in [4.78, 5) is 28.0. The predicted molar refractivity (Wildman–Crippen MR) is 131 cm³/mol. The van der Waals surface area contributed by atoms with E-state index in [4.69, 9.17) is 0 Å². The van der Waals surface area contributed by atoms with Crippen molar-refractivity contribution in [3.8, 4) is 0 Å². The van der Waals surface area contributed by atoms with E-state index in [0.717, 1.165) is 11.3 Å². The largest absolute Gasteiger partial charge is 0.350 e. The van der Waals surface area contributed by atoms with Crippen LogP contribution in [-0.2, 0) is 21.9 Å². The van der Waals surface area contributed by atoms with Crippen LogP contribution in [0.15, 0.2) is 48.5 Å². The lowest BCUT2D eigenvalue weighted by molar-refractivity contribution is -0.140. The zero-order valence-corrected chi connectivity index (χ0v) is 20.5. The average molecular weight is 441 g/mol. The van der Waals surface area contributed by atoms with Crippen molar-refractivity contribution < 1.29 is 9.59 Å². The lowest BCUT2D eigenvalue weighted by Gasteiger charge is -2.33. The van der Waals surface area contributed by atoms with Crippen LogP contribution in [0.25, 0.3) is 0 Å². The van der Waals surface area contributed by atoms with E-state index in [1.54, 1.807) is 16.7 Å². The van der Waals surface area contributed by atoms with Crippen LogP contribution in [0.2, 0.25) is 0 Å². The highest BCUT2D eigenvalue weighted by Crippen LogP contribution is 2.19. The molecule has 1 N–H and O–H groups in total. The molecule has 0 aliphatic carbocycles. The van der Waals surface area contributed by atoms with E-state index in [1.807, 2.05) is 58.0 Å².